The summed E-state index contributed by atoms with van der Waals surface area (Å²) >= 11 is 0. The quantitative estimate of drug-likeness (QED) is 0.594. The monoisotopic (exact) mass is 503 g/mol. The molecular weight excluding hydrogens is 470 g/mol. The highest BCUT2D eigenvalue weighted by Crippen LogP contribution is 2.34. The number of fused-ring (bicyclic) bond motifs is 1. The fourth-order valence-corrected chi connectivity index (χ4v) is 4.48. The molecule has 0 spiro atoms. The fourth-order valence-electron chi connectivity index (χ4n) is 3.64. The van der Waals surface area contributed by atoms with Crippen LogP contribution in [-0.2, 0) is 26.2 Å². The fraction of sp³-hybridized carbons (Fsp3) is 0.440. The number of hydrogen-bond donors (Lipinski definition) is 1. The highest BCUT2D eigenvalue weighted by molar-refractivity contribution is 7.92. The normalized spacial score (nSPS) is 14.1. The van der Waals surface area contributed by atoms with Crippen molar-refractivity contribution in [2.45, 2.75) is 45.8 Å². The molecule has 0 saturated heterocycles. The van der Waals surface area contributed by atoms with Crippen LogP contribution >= 0.6 is 0 Å². The molecule has 1 N–H and O–H groups in total. The van der Waals surface area contributed by atoms with E-state index in [0.29, 0.717) is 24.7 Å². The summed E-state index contributed by atoms with van der Waals surface area (Å²) < 4.78 is 37.5. The molecule has 2 aromatic carbocycles. The Morgan fingerprint density at radius 2 is 1.66 bits per heavy atom. The molecule has 35 heavy (non-hydrogen) atoms. The molecule has 0 bridgehead atoms. The van der Waals surface area contributed by atoms with Crippen LogP contribution in [0, 0.1) is 0 Å². The third kappa shape index (κ3) is 7.11. The minimum Gasteiger partial charge on any atom is -0.486 e. The highest BCUT2D eigenvalue weighted by atomic mass is 32.2. The van der Waals surface area contributed by atoms with Gasteiger partial charge in [0.1, 0.15) is 25.8 Å². The Morgan fingerprint density at radius 1 is 1.03 bits per heavy atom. The first-order valence-electron chi connectivity index (χ1n) is 11.4. The Balaban J connectivity index is 1.91. The molecule has 0 aromatic heterocycles. The van der Waals surface area contributed by atoms with Gasteiger partial charge < -0.3 is 19.7 Å². The summed E-state index contributed by atoms with van der Waals surface area (Å²) in [5.74, 6) is 0.0876. The second-order valence-electron chi connectivity index (χ2n) is 9.52. The number of amides is 2. The van der Waals surface area contributed by atoms with E-state index in [0.717, 1.165) is 16.1 Å². The number of nitrogens with zero attached hydrogens (tertiary/aromatic N) is 2. The Labute approximate surface area is 207 Å². The van der Waals surface area contributed by atoms with Gasteiger partial charge >= 0.3 is 0 Å². The summed E-state index contributed by atoms with van der Waals surface area (Å²) in [6.07, 6.45) is 1.04. The SMILES string of the molecule is CC(C(=O)NC(C)(C)C)N(Cc1ccccc1)C(=O)CN(c1ccc2c(c1)OCCO2)S(C)(=O)=O. The maximum atomic E-state index is 13.6. The van der Waals surface area contributed by atoms with Crippen molar-refractivity contribution in [3.8, 4) is 11.5 Å². The van der Waals surface area contributed by atoms with Crippen molar-refractivity contribution >= 4 is 27.5 Å². The Morgan fingerprint density at radius 3 is 2.26 bits per heavy atom. The number of rotatable bonds is 8. The Hall–Kier alpha value is -3.27. The van der Waals surface area contributed by atoms with Crippen LogP contribution in [0.15, 0.2) is 48.5 Å². The van der Waals surface area contributed by atoms with Gasteiger partial charge in [-0.05, 0) is 45.4 Å². The molecule has 3 rings (SSSR count). The lowest BCUT2D eigenvalue weighted by Gasteiger charge is -2.33. The number of sulfonamides is 1. The molecule has 0 aliphatic carbocycles. The van der Waals surface area contributed by atoms with Crippen molar-refractivity contribution < 1.29 is 27.5 Å². The van der Waals surface area contributed by atoms with Crippen molar-refractivity contribution in [1.82, 2.24) is 10.2 Å². The zero-order valence-electron chi connectivity index (χ0n) is 20.8. The highest BCUT2D eigenvalue weighted by Gasteiger charge is 2.31. The largest absolute Gasteiger partial charge is 0.486 e. The van der Waals surface area contributed by atoms with Gasteiger partial charge in [-0.2, -0.15) is 0 Å². The molecule has 9 nitrogen and oxygen atoms in total. The van der Waals surface area contributed by atoms with E-state index in [1.807, 2.05) is 51.1 Å². The number of carbonyl (C=O) groups excluding carboxylic acids is 2. The predicted octanol–water partition coefficient (Wildman–Crippen LogP) is 2.56. The standard InChI is InChI=1S/C25H33N3O6S/c1-18(24(30)26-25(2,3)4)27(16-19-9-7-6-8-10-19)23(29)17-28(35(5,31)32)20-11-12-21-22(15-20)34-14-13-33-21/h6-12,15,18H,13-14,16-17H2,1-5H3,(H,26,30). The Bertz CT molecular complexity index is 1160. The van der Waals surface area contributed by atoms with Crippen LogP contribution in [0.1, 0.15) is 33.3 Å². The third-order valence-electron chi connectivity index (χ3n) is 5.35. The lowest BCUT2D eigenvalue weighted by atomic mass is 10.1. The van der Waals surface area contributed by atoms with E-state index in [9.17, 15) is 18.0 Å². The topological polar surface area (TPSA) is 105 Å². The summed E-state index contributed by atoms with van der Waals surface area (Å²) in [7, 11) is -3.83. The van der Waals surface area contributed by atoms with Crippen LogP contribution in [0.5, 0.6) is 11.5 Å². The molecule has 190 valence electrons. The smallest absolute Gasteiger partial charge is 0.244 e. The maximum absolute atomic E-state index is 13.6. The molecule has 0 saturated carbocycles. The predicted molar refractivity (Wildman–Crippen MR) is 134 cm³/mol. The summed E-state index contributed by atoms with van der Waals surface area (Å²) in [5.41, 5.74) is 0.606. The number of nitrogens with one attached hydrogen (secondary N) is 1. The zero-order valence-corrected chi connectivity index (χ0v) is 21.6. The molecule has 1 heterocycles. The van der Waals surface area contributed by atoms with Crippen LogP contribution in [0.2, 0.25) is 0 Å². The molecule has 1 atom stereocenters. The molecule has 1 unspecified atom stereocenters. The van der Waals surface area contributed by atoms with Crippen LogP contribution < -0.4 is 19.1 Å². The number of carbonyl (C=O) groups is 2. The van der Waals surface area contributed by atoms with Gasteiger partial charge in [0.05, 0.1) is 11.9 Å². The summed E-state index contributed by atoms with van der Waals surface area (Å²) in [5, 5.41) is 2.89. The number of ether oxygens (including phenoxy) is 2. The average molecular weight is 504 g/mol. The molecule has 1 aliphatic heterocycles. The van der Waals surface area contributed by atoms with E-state index in [2.05, 4.69) is 5.32 Å². The minimum absolute atomic E-state index is 0.150. The maximum Gasteiger partial charge on any atom is 0.244 e. The number of anilines is 1. The first-order chi connectivity index (χ1) is 16.3. The van der Waals surface area contributed by atoms with Crippen molar-refractivity contribution in [1.29, 1.82) is 0 Å². The van der Waals surface area contributed by atoms with Crippen molar-refractivity contribution in [2.75, 3.05) is 30.3 Å². The van der Waals surface area contributed by atoms with Crippen LogP contribution in [0.4, 0.5) is 5.69 Å². The van der Waals surface area contributed by atoms with E-state index in [1.54, 1.807) is 25.1 Å². The van der Waals surface area contributed by atoms with Gasteiger partial charge in [0.2, 0.25) is 21.8 Å². The number of benzene rings is 2. The average Bonchev–Trinajstić information content (AvgIpc) is 2.79. The second-order valence-corrected chi connectivity index (χ2v) is 11.4. The van der Waals surface area contributed by atoms with E-state index in [1.165, 1.54) is 4.90 Å². The van der Waals surface area contributed by atoms with Crippen LogP contribution in [-0.4, -0.2) is 62.7 Å². The minimum atomic E-state index is -3.83. The molecule has 2 amide bonds. The van der Waals surface area contributed by atoms with E-state index in [-0.39, 0.29) is 18.1 Å². The van der Waals surface area contributed by atoms with Gasteiger partial charge in [-0.3, -0.25) is 13.9 Å². The molecule has 10 heteroatoms. The van der Waals surface area contributed by atoms with Gasteiger partial charge in [-0.15, -0.1) is 0 Å². The van der Waals surface area contributed by atoms with Crippen molar-refractivity contribution in [2.24, 2.45) is 0 Å². The van der Waals surface area contributed by atoms with E-state index >= 15 is 0 Å². The summed E-state index contributed by atoms with van der Waals surface area (Å²) in [6.45, 7) is 7.63. The zero-order chi connectivity index (χ0) is 25.8. The van der Waals surface area contributed by atoms with Gasteiger partial charge in [0.25, 0.3) is 0 Å². The van der Waals surface area contributed by atoms with Gasteiger partial charge in [0.15, 0.2) is 11.5 Å². The van der Waals surface area contributed by atoms with Crippen molar-refractivity contribution in [3.63, 3.8) is 0 Å². The van der Waals surface area contributed by atoms with E-state index in [4.69, 9.17) is 9.47 Å². The van der Waals surface area contributed by atoms with Gasteiger partial charge in [-0.25, -0.2) is 8.42 Å². The first kappa shape index (κ1) is 26.3. The number of hydrogen-bond acceptors (Lipinski definition) is 6. The molecule has 2 aromatic rings. The van der Waals surface area contributed by atoms with Gasteiger partial charge in [0, 0.05) is 18.2 Å². The third-order valence-corrected chi connectivity index (χ3v) is 6.49. The van der Waals surface area contributed by atoms with Gasteiger partial charge in [-0.1, -0.05) is 30.3 Å². The lowest BCUT2D eigenvalue weighted by Crippen LogP contribution is -2.54. The van der Waals surface area contributed by atoms with Crippen molar-refractivity contribution in [3.05, 3.63) is 54.1 Å². The molecular formula is C25H33N3O6S. The molecule has 1 aliphatic rings. The molecule has 0 fully saturated rings. The molecule has 0 radical (unpaired) electrons. The Kier molecular flexibility index (Phi) is 7.94. The lowest BCUT2D eigenvalue weighted by molar-refractivity contribution is -0.140. The van der Waals surface area contributed by atoms with Crippen LogP contribution in [0.25, 0.3) is 0 Å². The second kappa shape index (κ2) is 10.6. The van der Waals surface area contributed by atoms with Crippen LogP contribution in [0.3, 0.4) is 0 Å². The van der Waals surface area contributed by atoms with E-state index < -0.39 is 34.1 Å². The summed E-state index contributed by atoms with van der Waals surface area (Å²) in [4.78, 5) is 27.9. The first-order valence-corrected chi connectivity index (χ1v) is 13.2. The summed E-state index contributed by atoms with van der Waals surface area (Å²) in [6, 6.07) is 13.1.